The Bertz CT molecular complexity index is 547. The van der Waals surface area contributed by atoms with Gasteiger partial charge < -0.3 is 5.32 Å². The molecule has 6 heteroatoms. The van der Waals surface area contributed by atoms with Crippen LogP contribution >= 0.6 is 0 Å². The summed E-state index contributed by atoms with van der Waals surface area (Å²) in [6, 6.07) is 3.69. The Labute approximate surface area is 104 Å². The number of hydrogen-bond donors (Lipinski definition) is 2. The smallest absolute Gasteiger partial charge is 0.223 e. The molecular weight excluding hydrogens is 230 g/mol. The maximum absolute atomic E-state index is 11.5. The molecule has 2 aromatic rings. The van der Waals surface area contributed by atoms with Gasteiger partial charge in [0.05, 0.1) is 6.54 Å². The van der Waals surface area contributed by atoms with Crippen molar-refractivity contribution in [3.63, 3.8) is 0 Å². The lowest BCUT2D eigenvalue weighted by Crippen LogP contribution is -2.24. The summed E-state index contributed by atoms with van der Waals surface area (Å²) in [5.74, 6) is 1.60. The van der Waals surface area contributed by atoms with Gasteiger partial charge in [0.1, 0.15) is 5.82 Å². The van der Waals surface area contributed by atoms with Crippen molar-refractivity contribution < 1.29 is 4.79 Å². The van der Waals surface area contributed by atoms with Crippen molar-refractivity contribution in [2.75, 3.05) is 0 Å². The molecule has 6 nitrogen and oxygen atoms in total. The zero-order chi connectivity index (χ0) is 12.4. The third-order valence-electron chi connectivity index (χ3n) is 2.85. The molecule has 0 radical (unpaired) electrons. The molecule has 1 aliphatic rings. The van der Waals surface area contributed by atoms with Crippen molar-refractivity contribution in [3.05, 3.63) is 30.4 Å². The standard InChI is InChI=1S/C12H13N5O/c18-12(9-1-2-9)14-7-10-15-11(17-16-10)8-3-5-13-6-4-8/h3-6,9H,1-2,7H2,(H,14,18)(H,15,16,17). The van der Waals surface area contributed by atoms with Crippen molar-refractivity contribution in [2.24, 2.45) is 5.92 Å². The van der Waals surface area contributed by atoms with Gasteiger partial charge in [-0.25, -0.2) is 4.98 Å². The van der Waals surface area contributed by atoms with E-state index in [0.717, 1.165) is 18.4 Å². The maximum Gasteiger partial charge on any atom is 0.223 e. The number of aromatic nitrogens is 4. The molecule has 0 saturated heterocycles. The van der Waals surface area contributed by atoms with Gasteiger partial charge in [-0.1, -0.05) is 0 Å². The number of carbonyl (C=O) groups is 1. The Morgan fingerprint density at radius 1 is 1.39 bits per heavy atom. The van der Waals surface area contributed by atoms with Crippen LogP contribution in [0.5, 0.6) is 0 Å². The van der Waals surface area contributed by atoms with Gasteiger partial charge in [0.2, 0.25) is 5.91 Å². The molecule has 0 atom stereocenters. The fourth-order valence-corrected chi connectivity index (χ4v) is 1.67. The molecule has 1 aliphatic carbocycles. The lowest BCUT2D eigenvalue weighted by atomic mass is 10.2. The summed E-state index contributed by atoms with van der Waals surface area (Å²) in [6.07, 6.45) is 5.40. The molecule has 3 rings (SSSR count). The Morgan fingerprint density at radius 2 is 2.17 bits per heavy atom. The Balaban J connectivity index is 1.64. The second kappa shape index (κ2) is 4.56. The number of H-pyrrole nitrogens is 1. The highest BCUT2D eigenvalue weighted by Gasteiger charge is 2.29. The van der Waals surface area contributed by atoms with Gasteiger partial charge in [-0.2, -0.15) is 5.10 Å². The topological polar surface area (TPSA) is 83.6 Å². The first-order valence-corrected chi connectivity index (χ1v) is 5.92. The summed E-state index contributed by atoms with van der Waals surface area (Å²) < 4.78 is 0. The van der Waals surface area contributed by atoms with Crippen LogP contribution in [-0.2, 0) is 11.3 Å². The van der Waals surface area contributed by atoms with Crippen molar-refractivity contribution >= 4 is 5.91 Å². The molecule has 2 N–H and O–H groups in total. The van der Waals surface area contributed by atoms with Crippen molar-refractivity contribution in [1.29, 1.82) is 0 Å². The number of nitrogens with one attached hydrogen (secondary N) is 2. The summed E-state index contributed by atoms with van der Waals surface area (Å²) in [6.45, 7) is 0.396. The van der Waals surface area contributed by atoms with Crippen LogP contribution in [0.4, 0.5) is 0 Å². The quantitative estimate of drug-likeness (QED) is 0.835. The number of amides is 1. The van der Waals surface area contributed by atoms with E-state index in [0.29, 0.717) is 18.2 Å². The highest BCUT2D eigenvalue weighted by Crippen LogP contribution is 2.28. The highest BCUT2D eigenvalue weighted by atomic mass is 16.2. The minimum atomic E-state index is 0.108. The van der Waals surface area contributed by atoms with Gasteiger partial charge in [-0.05, 0) is 25.0 Å². The molecule has 1 amide bonds. The molecule has 0 unspecified atom stereocenters. The number of hydrogen-bond acceptors (Lipinski definition) is 4. The summed E-state index contributed by atoms with van der Waals surface area (Å²) in [7, 11) is 0. The first-order valence-electron chi connectivity index (χ1n) is 5.92. The van der Waals surface area contributed by atoms with E-state index in [1.165, 1.54) is 0 Å². The minimum Gasteiger partial charge on any atom is -0.349 e. The first kappa shape index (κ1) is 10.9. The third kappa shape index (κ3) is 2.37. The lowest BCUT2D eigenvalue weighted by Gasteiger charge is -1.99. The fraction of sp³-hybridized carbons (Fsp3) is 0.333. The summed E-state index contributed by atoms with van der Waals surface area (Å²) in [5, 5.41) is 9.77. The van der Waals surface area contributed by atoms with Crippen LogP contribution in [0.25, 0.3) is 11.4 Å². The SMILES string of the molecule is O=C(NCc1nc(-c2ccncc2)n[nH]1)C1CC1. The van der Waals surface area contributed by atoms with Gasteiger partial charge >= 0.3 is 0 Å². The molecule has 2 heterocycles. The maximum atomic E-state index is 11.5. The van der Waals surface area contributed by atoms with Crippen molar-refractivity contribution in [3.8, 4) is 11.4 Å². The van der Waals surface area contributed by atoms with E-state index < -0.39 is 0 Å². The molecule has 1 fully saturated rings. The summed E-state index contributed by atoms with van der Waals surface area (Å²) in [4.78, 5) is 19.7. The van der Waals surface area contributed by atoms with E-state index in [-0.39, 0.29) is 11.8 Å². The monoisotopic (exact) mass is 243 g/mol. The Hall–Kier alpha value is -2.24. The molecule has 0 aromatic carbocycles. The predicted octanol–water partition coefficient (Wildman–Crippen LogP) is 0.893. The highest BCUT2D eigenvalue weighted by molar-refractivity contribution is 5.80. The van der Waals surface area contributed by atoms with Crippen LogP contribution in [0.15, 0.2) is 24.5 Å². The van der Waals surface area contributed by atoms with Crippen LogP contribution in [0.2, 0.25) is 0 Å². The van der Waals surface area contributed by atoms with Crippen LogP contribution < -0.4 is 5.32 Å². The van der Waals surface area contributed by atoms with Crippen molar-refractivity contribution in [2.45, 2.75) is 19.4 Å². The molecule has 18 heavy (non-hydrogen) atoms. The van der Waals surface area contributed by atoms with E-state index in [2.05, 4.69) is 25.5 Å². The summed E-state index contributed by atoms with van der Waals surface area (Å²) >= 11 is 0. The second-order valence-electron chi connectivity index (χ2n) is 4.33. The molecule has 1 saturated carbocycles. The van der Waals surface area contributed by atoms with Gasteiger partial charge in [0, 0.05) is 23.9 Å². The number of pyridine rings is 1. The van der Waals surface area contributed by atoms with E-state index in [1.54, 1.807) is 12.4 Å². The van der Waals surface area contributed by atoms with Crippen LogP contribution in [0.3, 0.4) is 0 Å². The first-order chi connectivity index (χ1) is 8.83. The van der Waals surface area contributed by atoms with Gasteiger partial charge in [0.15, 0.2) is 5.82 Å². The van der Waals surface area contributed by atoms with Gasteiger partial charge in [-0.15, -0.1) is 0 Å². The molecule has 0 spiro atoms. The molecule has 2 aromatic heterocycles. The van der Waals surface area contributed by atoms with Crippen LogP contribution in [0.1, 0.15) is 18.7 Å². The number of rotatable bonds is 4. The second-order valence-corrected chi connectivity index (χ2v) is 4.33. The zero-order valence-electron chi connectivity index (χ0n) is 9.76. The lowest BCUT2D eigenvalue weighted by molar-refractivity contribution is -0.122. The molecule has 92 valence electrons. The van der Waals surface area contributed by atoms with E-state index in [4.69, 9.17) is 0 Å². The average Bonchev–Trinajstić information content (AvgIpc) is 3.16. The van der Waals surface area contributed by atoms with Gasteiger partial charge in [-0.3, -0.25) is 14.9 Å². The fourth-order valence-electron chi connectivity index (χ4n) is 1.67. The number of aromatic amines is 1. The zero-order valence-corrected chi connectivity index (χ0v) is 9.76. The third-order valence-corrected chi connectivity index (χ3v) is 2.85. The Kier molecular flexibility index (Phi) is 2.76. The summed E-state index contributed by atoms with van der Waals surface area (Å²) in [5.41, 5.74) is 0.904. The Morgan fingerprint density at radius 3 is 2.89 bits per heavy atom. The minimum absolute atomic E-state index is 0.108. The van der Waals surface area contributed by atoms with E-state index >= 15 is 0 Å². The number of nitrogens with zero attached hydrogens (tertiary/aromatic N) is 3. The van der Waals surface area contributed by atoms with E-state index in [1.807, 2.05) is 12.1 Å². The largest absolute Gasteiger partial charge is 0.349 e. The van der Waals surface area contributed by atoms with Crippen molar-refractivity contribution in [1.82, 2.24) is 25.5 Å². The average molecular weight is 243 g/mol. The normalized spacial score (nSPS) is 14.4. The predicted molar refractivity (Wildman–Crippen MR) is 64.2 cm³/mol. The van der Waals surface area contributed by atoms with Crippen LogP contribution in [-0.4, -0.2) is 26.1 Å². The van der Waals surface area contributed by atoms with Crippen LogP contribution in [0, 0.1) is 5.92 Å². The van der Waals surface area contributed by atoms with Gasteiger partial charge in [0.25, 0.3) is 0 Å². The number of carbonyl (C=O) groups excluding carboxylic acids is 1. The molecule has 0 aliphatic heterocycles. The van der Waals surface area contributed by atoms with E-state index in [9.17, 15) is 4.79 Å². The molecular formula is C12H13N5O. The molecule has 0 bridgehead atoms.